The SMILES string of the molecule is O=C([O-])CCCn1nnnc1-c1ccccc1. The summed E-state index contributed by atoms with van der Waals surface area (Å²) in [7, 11) is 0. The second kappa shape index (κ2) is 5.20. The van der Waals surface area contributed by atoms with E-state index in [0.29, 0.717) is 18.8 Å². The number of carboxylic acid groups (broad SMARTS) is 1. The molecule has 0 bridgehead atoms. The molecule has 0 aliphatic rings. The van der Waals surface area contributed by atoms with Crippen LogP contribution in [-0.2, 0) is 11.3 Å². The first-order valence-corrected chi connectivity index (χ1v) is 5.29. The van der Waals surface area contributed by atoms with Gasteiger partial charge < -0.3 is 9.90 Å². The Labute approximate surface area is 97.9 Å². The van der Waals surface area contributed by atoms with E-state index in [-0.39, 0.29) is 6.42 Å². The molecular weight excluding hydrogens is 220 g/mol. The number of aromatic nitrogens is 4. The highest BCUT2D eigenvalue weighted by atomic mass is 16.4. The van der Waals surface area contributed by atoms with Crippen LogP contribution >= 0.6 is 0 Å². The molecule has 2 rings (SSSR count). The van der Waals surface area contributed by atoms with E-state index in [0.717, 1.165) is 5.56 Å². The van der Waals surface area contributed by atoms with Crippen LogP contribution in [-0.4, -0.2) is 26.2 Å². The minimum absolute atomic E-state index is 0.00803. The number of aliphatic carboxylic acids is 1. The lowest BCUT2D eigenvalue weighted by molar-refractivity contribution is -0.305. The van der Waals surface area contributed by atoms with Gasteiger partial charge in [-0.25, -0.2) is 4.68 Å². The molecule has 1 heterocycles. The number of hydrogen-bond acceptors (Lipinski definition) is 5. The number of carbonyl (C=O) groups is 1. The third-order valence-corrected chi connectivity index (χ3v) is 2.31. The molecule has 6 nitrogen and oxygen atoms in total. The van der Waals surface area contributed by atoms with Gasteiger partial charge in [0.05, 0.1) is 0 Å². The molecule has 0 radical (unpaired) electrons. The maximum Gasteiger partial charge on any atom is 0.182 e. The first kappa shape index (κ1) is 11.3. The summed E-state index contributed by atoms with van der Waals surface area (Å²) in [6.45, 7) is 0.463. The van der Waals surface area contributed by atoms with Crippen molar-refractivity contribution < 1.29 is 9.90 Å². The molecule has 17 heavy (non-hydrogen) atoms. The highest BCUT2D eigenvalue weighted by Crippen LogP contribution is 2.14. The zero-order valence-corrected chi connectivity index (χ0v) is 9.11. The Balaban J connectivity index is 2.10. The number of aryl methyl sites for hydroxylation is 1. The van der Waals surface area contributed by atoms with E-state index < -0.39 is 5.97 Å². The fourth-order valence-corrected chi connectivity index (χ4v) is 1.52. The Bertz CT molecular complexity index is 495. The van der Waals surface area contributed by atoms with E-state index in [1.165, 1.54) is 0 Å². The van der Waals surface area contributed by atoms with Crippen LogP contribution in [0.4, 0.5) is 0 Å². The fourth-order valence-electron chi connectivity index (χ4n) is 1.52. The van der Waals surface area contributed by atoms with Crippen LogP contribution in [0.3, 0.4) is 0 Å². The van der Waals surface area contributed by atoms with Crippen molar-refractivity contribution in [1.29, 1.82) is 0 Å². The second-order valence-electron chi connectivity index (χ2n) is 3.57. The van der Waals surface area contributed by atoms with Gasteiger partial charge in [0.25, 0.3) is 0 Å². The first-order chi connectivity index (χ1) is 8.27. The lowest BCUT2D eigenvalue weighted by Crippen LogP contribution is -2.22. The molecule has 0 saturated carbocycles. The molecule has 0 N–H and O–H groups in total. The highest BCUT2D eigenvalue weighted by molar-refractivity contribution is 5.64. The standard InChI is InChI=1S/C11H12N4O2/c16-10(17)7-4-8-15-11(12-13-14-15)9-5-2-1-3-6-9/h1-3,5-6H,4,7-8H2,(H,16,17)/p-1. The van der Waals surface area contributed by atoms with Crippen molar-refractivity contribution in [2.24, 2.45) is 0 Å². The summed E-state index contributed by atoms with van der Waals surface area (Å²) < 4.78 is 1.60. The molecule has 88 valence electrons. The summed E-state index contributed by atoms with van der Waals surface area (Å²) in [5.41, 5.74) is 0.908. The summed E-state index contributed by atoms with van der Waals surface area (Å²) in [6, 6.07) is 9.51. The van der Waals surface area contributed by atoms with Crippen LogP contribution < -0.4 is 5.11 Å². The van der Waals surface area contributed by atoms with Gasteiger partial charge in [0.15, 0.2) is 5.82 Å². The Kier molecular flexibility index (Phi) is 3.44. The summed E-state index contributed by atoms with van der Waals surface area (Å²) in [5.74, 6) is -0.414. The van der Waals surface area contributed by atoms with Crippen LogP contribution in [0.1, 0.15) is 12.8 Å². The van der Waals surface area contributed by atoms with Gasteiger partial charge in [0.2, 0.25) is 0 Å². The minimum atomic E-state index is -1.06. The van der Waals surface area contributed by atoms with Crippen LogP contribution in [0.5, 0.6) is 0 Å². The Hall–Kier alpha value is -2.24. The van der Waals surface area contributed by atoms with Gasteiger partial charge in [0.1, 0.15) is 0 Å². The van der Waals surface area contributed by atoms with Crippen molar-refractivity contribution in [3.63, 3.8) is 0 Å². The van der Waals surface area contributed by atoms with Crippen LogP contribution in [0.15, 0.2) is 30.3 Å². The molecular formula is C11H11N4O2-. The van der Waals surface area contributed by atoms with Crippen molar-refractivity contribution in [1.82, 2.24) is 20.2 Å². The minimum Gasteiger partial charge on any atom is -0.550 e. The molecule has 0 aliphatic carbocycles. The number of tetrazole rings is 1. The molecule has 0 unspecified atom stereocenters. The lowest BCUT2D eigenvalue weighted by Gasteiger charge is -2.04. The monoisotopic (exact) mass is 231 g/mol. The van der Waals surface area contributed by atoms with E-state index in [1.54, 1.807) is 4.68 Å². The molecule has 0 atom stereocenters. The normalized spacial score (nSPS) is 10.4. The zero-order chi connectivity index (χ0) is 12.1. The molecule has 0 saturated heterocycles. The molecule has 0 amide bonds. The van der Waals surface area contributed by atoms with Crippen LogP contribution in [0.25, 0.3) is 11.4 Å². The second-order valence-corrected chi connectivity index (χ2v) is 3.57. The van der Waals surface area contributed by atoms with Gasteiger partial charge >= 0.3 is 0 Å². The molecule has 0 spiro atoms. The maximum atomic E-state index is 10.3. The third-order valence-electron chi connectivity index (χ3n) is 2.31. The smallest absolute Gasteiger partial charge is 0.182 e. The maximum absolute atomic E-state index is 10.3. The van der Waals surface area contributed by atoms with E-state index in [4.69, 9.17) is 0 Å². The van der Waals surface area contributed by atoms with E-state index in [9.17, 15) is 9.90 Å². The highest BCUT2D eigenvalue weighted by Gasteiger charge is 2.07. The van der Waals surface area contributed by atoms with Crippen LogP contribution in [0.2, 0.25) is 0 Å². The molecule has 1 aromatic carbocycles. The van der Waals surface area contributed by atoms with Crippen molar-refractivity contribution >= 4 is 5.97 Å². The quantitative estimate of drug-likeness (QED) is 0.715. The number of rotatable bonds is 5. The van der Waals surface area contributed by atoms with Crippen molar-refractivity contribution in [3.8, 4) is 11.4 Å². The molecule has 1 aromatic heterocycles. The van der Waals surface area contributed by atoms with Gasteiger partial charge in [-0.1, -0.05) is 30.3 Å². The molecule has 6 heteroatoms. The predicted octanol–water partition coefficient (Wildman–Crippen LogP) is -0.130. The van der Waals surface area contributed by atoms with Gasteiger partial charge in [0, 0.05) is 18.1 Å². The Morgan fingerprint density at radius 2 is 2.06 bits per heavy atom. The largest absolute Gasteiger partial charge is 0.550 e. The van der Waals surface area contributed by atoms with Gasteiger partial charge in [-0.05, 0) is 23.3 Å². The van der Waals surface area contributed by atoms with Gasteiger partial charge in [-0.15, -0.1) is 5.10 Å². The summed E-state index contributed by atoms with van der Waals surface area (Å²) in [6.07, 6.45) is 0.460. The zero-order valence-electron chi connectivity index (χ0n) is 9.11. The lowest BCUT2D eigenvalue weighted by atomic mass is 10.2. The average molecular weight is 231 g/mol. The van der Waals surface area contributed by atoms with Gasteiger partial charge in [-0.2, -0.15) is 0 Å². The van der Waals surface area contributed by atoms with E-state index in [1.807, 2.05) is 30.3 Å². The number of benzene rings is 1. The number of carbonyl (C=O) groups excluding carboxylic acids is 1. The van der Waals surface area contributed by atoms with E-state index >= 15 is 0 Å². The van der Waals surface area contributed by atoms with Crippen molar-refractivity contribution in [2.45, 2.75) is 19.4 Å². The Morgan fingerprint density at radius 3 is 2.76 bits per heavy atom. The van der Waals surface area contributed by atoms with E-state index in [2.05, 4.69) is 15.5 Å². The van der Waals surface area contributed by atoms with Crippen molar-refractivity contribution in [2.75, 3.05) is 0 Å². The number of nitrogens with zero attached hydrogens (tertiary/aromatic N) is 4. The number of carboxylic acids is 1. The number of hydrogen-bond donors (Lipinski definition) is 0. The molecule has 0 aliphatic heterocycles. The van der Waals surface area contributed by atoms with Gasteiger partial charge in [-0.3, -0.25) is 0 Å². The third kappa shape index (κ3) is 2.87. The summed E-state index contributed by atoms with van der Waals surface area (Å²) >= 11 is 0. The fraction of sp³-hybridized carbons (Fsp3) is 0.273. The molecule has 2 aromatic rings. The Morgan fingerprint density at radius 1 is 1.29 bits per heavy atom. The topological polar surface area (TPSA) is 83.7 Å². The predicted molar refractivity (Wildman–Crippen MR) is 57.5 cm³/mol. The van der Waals surface area contributed by atoms with Crippen LogP contribution in [0, 0.1) is 0 Å². The summed E-state index contributed by atoms with van der Waals surface area (Å²) in [5, 5.41) is 21.7. The summed E-state index contributed by atoms with van der Waals surface area (Å²) in [4.78, 5) is 10.3. The first-order valence-electron chi connectivity index (χ1n) is 5.29. The molecule has 0 fully saturated rings. The average Bonchev–Trinajstić information content (AvgIpc) is 2.78. The van der Waals surface area contributed by atoms with Crippen molar-refractivity contribution in [3.05, 3.63) is 30.3 Å².